The molecule has 0 aliphatic carbocycles. The summed E-state index contributed by atoms with van der Waals surface area (Å²) in [7, 11) is -3.80. The Labute approximate surface area is 190 Å². The zero-order chi connectivity index (χ0) is 22.0. The van der Waals surface area contributed by atoms with E-state index in [0.717, 1.165) is 29.0 Å². The number of halogens is 1. The fourth-order valence-electron chi connectivity index (χ4n) is 3.62. The SMILES string of the molecule is CCCCOc1ccccc1[C@H]1CC(=O)Nc2c(S(=O)(=O)c3ccc(Cl)cc3)csc21. The number of hydrogen-bond acceptors (Lipinski definition) is 5. The summed E-state index contributed by atoms with van der Waals surface area (Å²) in [5.74, 6) is 0.254. The first kappa shape index (κ1) is 21.9. The molecule has 1 aliphatic rings. The van der Waals surface area contributed by atoms with E-state index in [2.05, 4.69) is 12.2 Å². The second-order valence-electron chi connectivity index (χ2n) is 7.34. The predicted molar refractivity (Wildman–Crippen MR) is 123 cm³/mol. The van der Waals surface area contributed by atoms with Crippen molar-refractivity contribution in [2.45, 2.75) is 41.9 Å². The number of hydrogen-bond donors (Lipinski definition) is 1. The van der Waals surface area contributed by atoms with Gasteiger partial charge in [0.2, 0.25) is 15.7 Å². The summed E-state index contributed by atoms with van der Waals surface area (Å²) in [6.07, 6.45) is 2.20. The quantitative estimate of drug-likeness (QED) is 0.432. The van der Waals surface area contributed by atoms with Crippen molar-refractivity contribution < 1.29 is 17.9 Å². The van der Waals surface area contributed by atoms with Crippen LogP contribution in [0.2, 0.25) is 5.02 Å². The molecule has 0 saturated heterocycles. The van der Waals surface area contributed by atoms with Crippen molar-refractivity contribution in [3.8, 4) is 5.75 Å². The number of sulfone groups is 1. The molecule has 1 aromatic heterocycles. The second kappa shape index (κ2) is 9.02. The molecule has 0 spiro atoms. The van der Waals surface area contributed by atoms with Crippen LogP contribution in [0, 0.1) is 0 Å². The van der Waals surface area contributed by atoms with Crippen molar-refractivity contribution in [3.63, 3.8) is 0 Å². The molecule has 0 radical (unpaired) electrons. The zero-order valence-electron chi connectivity index (χ0n) is 16.9. The van der Waals surface area contributed by atoms with E-state index in [1.165, 1.54) is 23.5 Å². The number of benzene rings is 2. The van der Waals surface area contributed by atoms with E-state index in [0.29, 0.717) is 17.3 Å². The summed E-state index contributed by atoms with van der Waals surface area (Å²) in [5, 5.41) is 4.86. The molecule has 162 valence electrons. The van der Waals surface area contributed by atoms with Gasteiger partial charge < -0.3 is 10.1 Å². The van der Waals surface area contributed by atoms with Crippen molar-refractivity contribution >= 4 is 44.4 Å². The van der Waals surface area contributed by atoms with Gasteiger partial charge in [-0.1, -0.05) is 43.1 Å². The zero-order valence-corrected chi connectivity index (χ0v) is 19.3. The van der Waals surface area contributed by atoms with E-state index in [1.54, 1.807) is 17.5 Å². The number of nitrogens with one attached hydrogen (secondary N) is 1. The number of unbranched alkanes of at least 4 members (excludes halogenated alkanes) is 1. The van der Waals surface area contributed by atoms with Gasteiger partial charge in [0.15, 0.2) is 0 Å². The highest BCUT2D eigenvalue weighted by molar-refractivity contribution is 7.91. The topological polar surface area (TPSA) is 72.5 Å². The van der Waals surface area contributed by atoms with Crippen LogP contribution >= 0.6 is 22.9 Å². The number of fused-ring (bicyclic) bond motifs is 1. The van der Waals surface area contributed by atoms with Gasteiger partial charge in [0, 0.05) is 33.2 Å². The third-order valence-electron chi connectivity index (χ3n) is 5.22. The van der Waals surface area contributed by atoms with Crippen molar-refractivity contribution in [1.29, 1.82) is 0 Å². The minimum atomic E-state index is -3.80. The molecule has 0 saturated carbocycles. The molecule has 1 N–H and O–H groups in total. The van der Waals surface area contributed by atoms with Crippen LogP contribution in [-0.4, -0.2) is 20.9 Å². The van der Waals surface area contributed by atoms with E-state index in [9.17, 15) is 13.2 Å². The van der Waals surface area contributed by atoms with E-state index < -0.39 is 9.84 Å². The Hall–Kier alpha value is -2.35. The Morgan fingerprint density at radius 2 is 1.90 bits per heavy atom. The lowest BCUT2D eigenvalue weighted by Crippen LogP contribution is -2.23. The molecule has 5 nitrogen and oxygen atoms in total. The average molecular weight is 476 g/mol. The third kappa shape index (κ3) is 4.35. The first-order chi connectivity index (χ1) is 14.9. The van der Waals surface area contributed by atoms with Crippen LogP contribution in [0.15, 0.2) is 63.7 Å². The molecule has 2 aromatic carbocycles. The molecule has 1 amide bonds. The minimum Gasteiger partial charge on any atom is -0.493 e. The van der Waals surface area contributed by atoms with Crippen LogP contribution in [0.5, 0.6) is 5.75 Å². The van der Waals surface area contributed by atoms with Gasteiger partial charge >= 0.3 is 0 Å². The highest BCUT2D eigenvalue weighted by Crippen LogP contribution is 2.47. The maximum Gasteiger partial charge on any atom is 0.225 e. The standard InChI is InChI=1S/C23H22ClNO4S2/c1-2-3-12-29-19-7-5-4-6-17(19)18-13-21(26)25-22-20(14-30-23(18)22)31(27,28)16-10-8-15(24)9-11-16/h4-11,14,18H,2-3,12-13H2,1H3,(H,25,26)/t18-/m1/s1. The van der Waals surface area contributed by atoms with E-state index >= 15 is 0 Å². The molecule has 2 heterocycles. The highest BCUT2D eigenvalue weighted by Gasteiger charge is 2.35. The highest BCUT2D eigenvalue weighted by atomic mass is 35.5. The van der Waals surface area contributed by atoms with Gasteiger partial charge in [-0.15, -0.1) is 11.3 Å². The lowest BCUT2D eigenvalue weighted by Gasteiger charge is -2.25. The Morgan fingerprint density at radius 1 is 1.16 bits per heavy atom. The molecule has 1 atom stereocenters. The third-order valence-corrected chi connectivity index (χ3v) is 8.51. The number of amides is 1. The molecule has 31 heavy (non-hydrogen) atoms. The number of carbonyl (C=O) groups is 1. The largest absolute Gasteiger partial charge is 0.493 e. The van der Waals surface area contributed by atoms with Gasteiger partial charge in [0.05, 0.1) is 17.2 Å². The second-order valence-corrected chi connectivity index (χ2v) is 10.6. The monoisotopic (exact) mass is 475 g/mol. The van der Waals surface area contributed by atoms with Crippen LogP contribution in [0.1, 0.15) is 42.5 Å². The van der Waals surface area contributed by atoms with Crippen LogP contribution < -0.4 is 10.1 Å². The van der Waals surface area contributed by atoms with Gasteiger partial charge in [-0.3, -0.25) is 4.79 Å². The number of rotatable bonds is 7. The van der Waals surface area contributed by atoms with Gasteiger partial charge in [-0.2, -0.15) is 0 Å². The van der Waals surface area contributed by atoms with Crippen molar-refractivity contribution in [1.82, 2.24) is 0 Å². The molecular weight excluding hydrogens is 454 g/mol. The van der Waals surface area contributed by atoms with Gasteiger partial charge in [-0.25, -0.2) is 8.42 Å². The number of para-hydroxylation sites is 1. The average Bonchev–Trinajstić information content (AvgIpc) is 3.19. The Kier molecular flexibility index (Phi) is 6.36. The summed E-state index contributed by atoms with van der Waals surface area (Å²) >= 11 is 7.25. The van der Waals surface area contributed by atoms with E-state index in [-0.39, 0.29) is 28.0 Å². The molecule has 0 bridgehead atoms. The fraction of sp³-hybridized carbons (Fsp3) is 0.261. The lowest BCUT2D eigenvalue weighted by atomic mass is 9.90. The Balaban J connectivity index is 1.76. The lowest BCUT2D eigenvalue weighted by molar-refractivity contribution is -0.116. The first-order valence-electron chi connectivity index (χ1n) is 10.1. The Morgan fingerprint density at radius 3 is 2.65 bits per heavy atom. The molecule has 0 unspecified atom stereocenters. The number of thiophene rings is 1. The number of carbonyl (C=O) groups excluding carboxylic acids is 1. The van der Waals surface area contributed by atoms with Crippen molar-refractivity contribution in [2.24, 2.45) is 0 Å². The maximum atomic E-state index is 13.3. The fourth-order valence-corrected chi connectivity index (χ4v) is 6.65. The maximum absolute atomic E-state index is 13.3. The molecule has 1 aliphatic heterocycles. The van der Waals surface area contributed by atoms with Gasteiger partial charge in [0.25, 0.3) is 0 Å². The molecular formula is C23H22ClNO4S2. The normalized spacial score (nSPS) is 15.9. The van der Waals surface area contributed by atoms with Crippen LogP contribution in [-0.2, 0) is 14.6 Å². The number of anilines is 1. The smallest absolute Gasteiger partial charge is 0.225 e. The van der Waals surface area contributed by atoms with E-state index in [4.69, 9.17) is 16.3 Å². The van der Waals surface area contributed by atoms with Crippen LogP contribution in [0.4, 0.5) is 5.69 Å². The van der Waals surface area contributed by atoms with Crippen molar-refractivity contribution in [3.05, 3.63) is 69.4 Å². The van der Waals surface area contributed by atoms with Crippen LogP contribution in [0.25, 0.3) is 0 Å². The Bertz CT molecular complexity index is 1200. The van der Waals surface area contributed by atoms with Gasteiger partial charge in [-0.05, 0) is 36.8 Å². The molecule has 4 rings (SSSR count). The molecule has 0 fully saturated rings. The van der Waals surface area contributed by atoms with Crippen LogP contribution in [0.3, 0.4) is 0 Å². The first-order valence-corrected chi connectivity index (χ1v) is 12.8. The summed E-state index contributed by atoms with van der Waals surface area (Å²) < 4.78 is 32.5. The molecule has 3 aromatic rings. The summed E-state index contributed by atoms with van der Waals surface area (Å²) in [6.45, 7) is 2.70. The number of ether oxygens (including phenoxy) is 1. The summed E-state index contributed by atoms with van der Waals surface area (Å²) in [5.41, 5.74) is 1.26. The summed E-state index contributed by atoms with van der Waals surface area (Å²) in [6, 6.07) is 13.7. The predicted octanol–water partition coefficient (Wildman–Crippen LogP) is 5.89. The summed E-state index contributed by atoms with van der Waals surface area (Å²) in [4.78, 5) is 13.6. The molecule has 8 heteroatoms. The van der Waals surface area contributed by atoms with E-state index in [1.807, 2.05) is 24.3 Å². The minimum absolute atomic E-state index is 0.109. The van der Waals surface area contributed by atoms with Crippen molar-refractivity contribution in [2.75, 3.05) is 11.9 Å². The van der Waals surface area contributed by atoms with Gasteiger partial charge in [0.1, 0.15) is 10.6 Å².